The minimum atomic E-state index is -1.31. The smallest absolute Gasteiger partial charge is 0.339 e. The molecular weight excluding hydrogens is 234 g/mol. The SMILES string of the molecule is C[C@H]1C(=O)N[C@@]2([C@@H](O)c3ccccc3)C(=O)O[C@@H]12. The van der Waals surface area contributed by atoms with Gasteiger partial charge in [0.15, 0.2) is 0 Å². The van der Waals surface area contributed by atoms with Crippen molar-refractivity contribution in [1.29, 1.82) is 0 Å². The summed E-state index contributed by atoms with van der Waals surface area (Å²) in [5, 5.41) is 13.0. The Morgan fingerprint density at radius 1 is 1.33 bits per heavy atom. The van der Waals surface area contributed by atoms with Gasteiger partial charge in [0.2, 0.25) is 11.4 Å². The zero-order chi connectivity index (χ0) is 12.9. The highest BCUT2D eigenvalue weighted by molar-refractivity contribution is 5.99. The number of benzene rings is 1. The monoisotopic (exact) mass is 247 g/mol. The fourth-order valence-corrected chi connectivity index (χ4v) is 2.67. The number of amides is 1. The van der Waals surface area contributed by atoms with E-state index < -0.39 is 29.6 Å². The predicted molar refractivity (Wildman–Crippen MR) is 61.3 cm³/mol. The molecule has 0 radical (unpaired) electrons. The number of esters is 1. The first-order valence-corrected chi connectivity index (χ1v) is 5.83. The van der Waals surface area contributed by atoms with Crippen LogP contribution in [0.4, 0.5) is 0 Å². The van der Waals surface area contributed by atoms with E-state index in [9.17, 15) is 14.7 Å². The Labute approximate surface area is 104 Å². The number of rotatable bonds is 2. The lowest BCUT2D eigenvalue weighted by atomic mass is 9.77. The highest BCUT2D eigenvalue weighted by atomic mass is 16.6. The van der Waals surface area contributed by atoms with Crippen molar-refractivity contribution in [2.75, 3.05) is 0 Å². The molecule has 2 N–H and O–H groups in total. The Kier molecular flexibility index (Phi) is 2.22. The van der Waals surface area contributed by atoms with Crippen molar-refractivity contribution in [3.05, 3.63) is 35.9 Å². The normalized spacial score (nSPS) is 35.2. The molecule has 2 fully saturated rings. The molecule has 2 aliphatic heterocycles. The molecule has 3 rings (SSSR count). The van der Waals surface area contributed by atoms with Gasteiger partial charge in [0.05, 0.1) is 5.92 Å². The number of hydrogen-bond acceptors (Lipinski definition) is 4. The van der Waals surface area contributed by atoms with Crippen molar-refractivity contribution in [3.63, 3.8) is 0 Å². The highest BCUT2D eigenvalue weighted by Gasteiger charge is 2.70. The van der Waals surface area contributed by atoms with Gasteiger partial charge in [0, 0.05) is 0 Å². The molecule has 5 nitrogen and oxygen atoms in total. The fraction of sp³-hybridized carbons (Fsp3) is 0.385. The molecule has 0 unspecified atom stereocenters. The maximum atomic E-state index is 11.7. The second-order valence-corrected chi connectivity index (χ2v) is 4.79. The lowest BCUT2D eigenvalue weighted by Crippen LogP contribution is -2.69. The van der Waals surface area contributed by atoms with Crippen molar-refractivity contribution < 1.29 is 19.4 Å². The molecule has 1 aromatic carbocycles. The predicted octanol–water partition coefficient (Wildman–Crippen LogP) is 0.150. The maximum absolute atomic E-state index is 11.7. The summed E-state index contributed by atoms with van der Waals surface area (Å²) in [6.07, 6.45) is -1.67. The number of carbonyl (C=O) groups excluding carboxylic acids is 2. The summed E-state index contributed by atoms with van der Waals surface area (Å²) in [6.45, 7) is 1.69. The molecule has 18 heavy (non-hydrogen) atoms. The molecule has 0 aliphatic carbocycles. The van der Waals surface area contributed by atoms with Crippen LogP contribution in [0.2, 0.25) is 0 Å². The first kappa shape index (κ1) is 11.2. The molecule has 4 atom stereocenters. The third-order valence-corrected chi connectivity index (χ3v) is 3.76. The van der Waals surface area contributed by atoms with Gasteiger partial charge in [-0.2, -0.15) is 0 Å². The van der Waals surface area contributed by atoms with Crippen molar-refractivity contribution >= 4 is 11.9 Å². The van der Waals surface area contributed by atoms with Crippen LogP contribution < -0.4 is 5.32 Å². The van der Waals surface area contributed by atoms with Crippen LogP contribution in [0.5, 0.6) is 0 Å². The highest BCUT2D eigenvalue weighted by Crippen LogP contribution is 2.46. The summed E-state index contributed by atoms with van der Waals surface area (Å²) in [6, 6.07) is 8.80. The van der Waals surface area contributed by atoms with Gasteiger partial charge in [0.25, 0.3) is 0 Å². The number of hydrogen-bond donors (Lipinski definition) is 2. The van der Waals surface area contributed by atoms with E-state index >= 15 is 0 Å². The van der Waals surface area contributed by atoms with E-state index in [1.807, 2.05) is 6.07 Å². The van der Waals surface area contributed by atoms with Gasteiger partial charge in [-0.3, -0.25) is 4.79 Å². The van der Waals surface area contributed by atoms with Crippen LogP contribution in [0.15, 0.2) is 30.3 Å². The summed E-state index contributed by atoms with van der Waals surface area (Å²) in [5.41, 5.74) is -0.716. The quantitative estimate of drug-likeness (QED) is 0.729. The van der Waals surface area contributed by atoms with Crippen LogP contribution in [-0.4, -0.2) is 28.6 Å². The van der Waals surface area contributed by atoms with E-state index in [4.69, 9.17) is 4.74 Å². The second kappa shape index (κ2) is 3.55. The molecule has 1 aromatic rings. The van der Waals surface area contributed by atoms with Crippen LogP contribution in [0.25, 0.3) is 0 Å². The number of carbonyl (C=O) groups is 2. The third-order valence-electron chi connectivity index (χ3n) is 3.76. The fourth-order valence-electron chi connectivity index (χ4n) is 2.67. The van der Waals surface area contributed by atoms with E-state index in [1.54, 1.807) is 31.2 Å². The molecule has 1 amide bonds. The van der Waals surface area contributed by atoms with Crippen LogP contribution in [-0.2, 0) is 14.3 Å². The first-order chi connectivity index (χ1) is 8.57. The molecule has 0 bridgehead atoms. The number of nitrogens with one attached hydrogen (secondary N) is 1. The average molecular weight is 247 g/mol. The van der Waals surface area contributed by atoms with E-state index in [-0.39, 0.29) is 5.91 Å². The Balaban J connectivity index is 2.00. The molecule has 94 valence electrons. The van der Waals surface area contributed by atoms with Crippen molar-refractivity contribution in [2.24, 2.45) is 5.92 Å². The number of aliphatic hydroxyl groups excluding tert-OH is 1. The van der Waals surface area contributed by atoms with E-state index in [1.165, 1.54) is 0 Å². The number of fused-ring (bicyclic) bond motifs is 1. The summed E-state index contributed by atoms with van der Waals surface area (Å²) in [5.74, 6) is -1.26. The van der Waals surface area contributed by atoms with Gasteiger partial charge >= 0.3 is 5.97 Å². The molecule has 2 heterocycles. The largest absolute Gasteiger partial charge is 0.456 e. The minimum absolute atomic E-state index is 0.263. The molecular formula is C13H13NO4. The molecule has 5 heteroatoms. The summed E-state index contributed by atoms with van der Waals surface area (Å²) in [7, 11) is 0. The van der Waals surface area contributed by atoms with E-state index in [0.29, 0.717) is 5.56 Å². The van der Waals surface area contributed by atoms with E-state index in [0.717, 1.165) is 0 Å². The lowest BCUT2D eigenvalue weighted by Gasteiger charge is -2.45. The number of aliphatic hydroxyl groups is 1. The van der Waals surface area contributed by atoms with Gasteiger partial charge in [-0.25, -0.2) is 4.79 Å². The van der Waals surface area contributed by atoms with Crippen LogP contribution in [0.3, 0.4) is 0 Å². The molecule has 0 saturated carbocycles. The molecule has 0 spiro atoms. The Morgan fingerprint density at radius 3 is 2.56 bits per heavy atom. The number of ether oxygens (including phenoxy) is 1. The Bertz CT molecular complexity index is 515. The lowest BCUT2D eigenvalue weighted by molar-refractivity contribution is -0.204. The zero-order valence-electron chi connectivity index (χ0n) is 9.79. The van der Waals surface area contributed by atoms with Crippen LogP contribution >= 0.6 is 0 Å². The molecule has 2 aliphatic rings. The third kappa shape index (κ3) is 1.19. The van der Waals surface area contributed by atoms with Gasteiger partial charge < -0.3 is 15.2 Å². The average Bonchev–Trinajstić information content (AvgIpc) is 2.60. The van der Waals surface area contributed by atoms with E-state index in [2.05, 4.69) is 5.32 Å². The molecule has 2 saturated heterocycles. The summed E-state index contributed by atoms with van der Waals surface area (Å²) < 4.78 is 5.01. The van der Waals surface area contributed by atoms with Crippen molar-refractivity contribution in [3.8, 4) is 0 Å². The topological polar surface area (TPSA) is 75.6 Å². The maximum Gasteiger partial charge on any atom is 0.339 e. The van der Waals surface area contributed by atoms with Gasteiger partial charge in [0.1, 0.15) is 12.2 Å². The zero-order valence-corrected chi connectivity index (χ0v) is 9.79. The minimum Gasteiger partial charge on any atom is -0.456 e. The Hall–Kier alpha value is -1.88. The first-order valence-electron chi connectivity index (χ1n) is 5.83. The van der Waals surface area contributed by atoms with Crippen molar-refractivity contribution in [1.82, 2.24) is 5.32 Å². The standard InChI is InChI=1S/C13H13NO4/c1-7-10-13(12(17)18-10,14-11(7)16)9(15)8-5-3-2-4-6-8/h2-7,9-10,15H,1H3,(H,14,16)/t7-,9+,10+,13-/m1/s1. The van der Waals surface area contributed by atoms with Crippen LogP contribution in [0, 0.1) is 5.92 Å². The van der Waals surface area contributed by atoms with Crippen LogP contribution in [0.1, 0.15) is 18.6 Å². The second-order valence-electron chi connectivity index (χ2n) is 4.79. The van der Waals surface area contributed by atoms with Crippen molar-refractivity contribution in [2.45, 2.75) is 24.7 Å². The summed E-state index contributed by atoms with van der Waals surface area (Å²) in [4.78, 5) is 23.4. The summed E-state index contributed by atoms with van der Waals surface area (Å²) >= 11 is 0. The molecule has 0 aromatic heterocycles. The van der Waals surface area contributed by atoms with Gasteiger partial charge in [-0.15, -0.1) is 0 Å². The Morgan fingerprint density at radius 2 is 2.00 bits per heavy atom. The van der Waals surface area contributed by atoms with Gasteiger partial charge in [-0.05, 0) is 12.5 Å². The van der Waals surface area contributed by atoms with Gasteiger partial charge in [-0.1, -0.05) is 30.3 Å².